The first kappa shape index (κ1) is 19.1. The largest absolute Gasteiger partial charge is 0.339 e. The van der Waals surface area contributed by atoms with Crippen LogP contribution in [-0.4, -0.2) is 45.6 Å². The van der Waals surface area contributed by atoms with E-state index in [0.717, 1.165) is 31.0 Å². The minimum absolute atomic E-state index is 0.103. The summed E-state index contributed by atoms with van der Waals surface area (Å²) in [6.07, 6.45) is 3.18. The molecular weight excluding hydrogens is 380 g/mol. The number of amides is 1. The van der Waals surface area contributed by atoms with Gasteiger partial charge in [-0.15, -0.1) is 0 Å². The summed E-state index contributed by atoms with van der Waals surface area (Å²) in [5, 5.41) is 6.42. The molecular formula is C20H19F2N5O2. The number of nitrogens with zero attached hydrogens (tertiary/aromatic N) is 4. The second-order valence-electron chi connectivity index (χ2n) is 6.89. The van der Waals surface area contributed by atoms with Crippen molar-refractivity contribution in [2.45, 2.75) is 18.8 Å². The molecule has 1 saturated heterocycles. The highest BCUT2D eigenvalue weighted by Crippen LogP contribution is 2.28. The zero-order valence-corrected chi connectivity index (χ0v) is 15.5. The third-order valence-electron chi connectivity index (χ3n) is 4.84. The molecule has 0 radical (unpaired) electrons. The number of hydrogen-bond donors (Lipinski definition) is 1. The molecule has 3 heterocycles. The van der Waals surface area contributed by atoms with Crippen LogP contribution in [0.15, 0.2) is 47.1 Å². The monoisotopic (exact) mass is 399 g/mol. The van der Waals surface area contributed by atoms with Crippen LogP contribution in [0.3, 0.4) is 0 Å². The highest BCUT2D eigenvalue weighted by Gasteiger charge is 2.26. The van der Waals surface area contributed by atoms with E-state index in [1.165, 1.54) is 0 Å². The normalized spacial score (nSPS) is 15.4. The summed E-state index contributed by atoms with van der Waals surface area (Å²) in [4.78, 5) is 22.8. The van der Waals surface area contributed by atoms with E-state index in [2.05, 4.69) is 20.4 Å². The molecule has 0 unspecified atom stereocenters. The third-order valence-corrected chi connectivity index (χ3v) is 4.84. The maximum Gasteiger partial charge on any atom is 0.238 e. The highest BCUT2D eigenvalue weighted by atomic mass is 19.1. The summed E-state index contributed by atoms with van der Waals surface area (Å²) in [7, 11) is 0. The van der Waals surface area contributed by atoms with Crippen molar-refractivity contribution in [1.82, 2.24) is 20.0 Å². The van der Waals surface area contributed by atoms with Crippen LogP contribution in [0.1, 0.15) is 24.7 Å². The molecule has 0 saturated carbocycles. The van der Waals surface area contributed by atoms with Crippen LogP contribution in [0.4, 0.5) is 14.5 Å². The molecule has 2 aromatic heterocycles. The maximum absolute atomic E-state index is 13.6. The highest BCUT2D eigenvalue weighted by molar-refractivity contribution is 5.92. The first-order chi connectivity index (χ1) is 14.1. The van der Waals surface area contributed by atoms with Gasteiger partial charge in [0, 0.05) is 18.2 Å². The lowest BCUT2D eigenvalue weighted by molar-refractivity contribution is -0.117. The van der Waals surface area contributed by atoms with Crippen LogP contribution >= 0.6 is 0 Å². The van der Waals surface area contributed by atoms with E-state index in [9.17, 15) is 13.6 Å². The number of aromatic nitrogens is 3. The number of nitrogens with one attached hydrogen (secondary N) is 1. The lowest BCUT2D eigenvalue weighted by atomic mass is 9.97. The number of carbonyl (C=O) groups is 1. The molecule has 0 atom stereocenters. The predicted molar refractivity (Wildman–Crippen MR) is 101 cm³/mol. The molecule has 1 aliphatic heterocycles. The molecule has 0 bridgehead atoms. The summed E-state index contributed by atoms with van der Waals surface area (Å²) >= 11 is 0. The number of pyridine rings is 1. The average molecular weight is 399 g/mol. The first-order valence-electron chi connectivity index (χ1n) is 9.31. The summed E-state index contributed by atoms with van der Waals surface area (Å²) in [5.41, 5.74) is 0.499. The van der Waals surface area contributed by atoms with Gasteiger partial charge >= 0.3 is 0 Å². The fourth-order valence-electron chi connectivity index (χ4n) is 3.32. The molecule has 1 N–H and O–H groups in total. The van der Waals surface area contributed by atoms with Crippen LogP contribution < -0.4 is 5.32 Å². The zero-order chi connectivity index (χ0) is 20.2. The maximum atomic E-state index is 13.6. The van der Waals surface area contributed by atoms with Crippen LogP contribution in [0.2, 0.25) is 0 Å². The van der Waals surface area contributed by atoms with E-state index >= 15 is 0 Å². The molecule has 4 rings (SSSR count). The number of rotatable bonds is 5. The Morgan fingerprint density at radius 2 is 2.03 bits per heavy atom. The van der Waals surface area contributed by atoms with Gasteiger partial charge in [-0.3, -0.25) is 14.7 Å². The van der Waals surface area contributed by atoms with Gasteiger partial charge < -0.3 is 9.84 Å². The molecule has 1 aromatic carbocycles. The molecule has 0 spiro atoms. The van der Waals surface area contributed by atoms with Crippen molar-refractivity contribution in [3.05, 3.63) is 60.1 Å². The molecule has 7 nitrogen and oxygen atoms in total. The van der Waals surface area contributed by atoms with E-state index in [-0.39, 0.29) is 24.1 Å². The Labute approximate surface area is 165 Å². The second-order valence-corrected chi connectivity index (χ2v) is 6.89. The number of hydrogen-bond acceptors (Lipinski definition) is 6. The van der Waals surface area contributed by atoms with Crippen molar-refractivity contribution < 1.29 is 18.1 Å². The van der Waals surface area contributed by atoms with Crippen molar-refractivity contribution in [1.29, 1.82) is 0 Å². The summed E-state index contributed by atoms with van der Waals surface area (Å²) < 4.78 is 32.3. The van der Waals surface area contributed by atoms with Gasteiger partial charge in [-0.25, -0.2) is 8.78 Å². The molecule has 0 aliphatic carbocycles. The second kappa shape index (κ2) is 8.44. The van der Waals surface area contributed by atoms with Gasteiger partial charge in [-0.05, 0) is 50.2 Å². The fraction of sp³-hybridized carbons (Fsp3) is 0.300. The smallest absolute Gasteiger partial charge is 0.238 e. The number of halogens is 2. The number of likely N-dealkylation sites (tertiary alicyclic amines) is 1. The van der Waals surface area contributed by atoms with Gasteiger partial charge in [-0.1, -0.05) is 11.2 Å². The number of anilines is 1. The van der Waals surface area contributed by atoms with Gasteiger partial charge in [0.05, 0.1) is 12.2 Å². The van der Waals surface area contributed by atoms with Crippen molar-refractivity contribution >= 4 is 11.6 Å². The lowest BCUT2D eigenvalue weighted by Crippen LogP contribution is -2.38. The Kier molecular flexibility index (Phi) is 5.57. The predicted octanol–water partition coefficient (Wildman–Crippen LogP) is 3.23. The summed E-state index contributed by atoms with van der Waals surface area (Å²) in [6, 6.07) is 8.45. The molecule has 29 heavy (non-hydrogen) atoms. The number of piperidine rings is 1. The Morgan fingerprint density at radius 3 is 2.79 bits per heavy atom. The average Bonchev–Trinajstić information content (AvgIpc) is 3.22. The Hall–Kier alpha value is -3.20. The topological polar surface area (TPSA) is 84.2 Å². The SMILES string of the molecule is O=C(CN1CCC(c2nc(-c3ccccn3)no2)CC1)Nc1cc(F)ccc1F. The van der Waals surface area contributed by atoms with Crippen molar-refractivity contribution in [2.24, 2.45) is 0 Å². The van der Waals surface area contributed by atoms with Crippen molar-refractivity contribution in [2.75, 3.05) is 25.0 Å². The molecule has 3 aromatic rings. The van der Waals surface area contributed by atoms with Crippen molar-refractivity contribution in [3.8, 4) is 11.5 Å². The zero-order valence-electron chi connectivity index (χ0n) is 15.5. The number of benzene rings is 1. The summed E-state index contributed by atoms with van der Waals surface area (Å²) in [6.45, 7) is 1.42. The van der Waals surface area contributed by atoms with Gasteiger partial charge in [0.1, 0.15) is 17.3 Å². The fourth-order valence-corrected chi connectivity index (χ4v) is 3.32. The minimum Gasteiger partial charge on any atom is -0.339 e. The minimum atomic E-state index is -0.668. The Balaban J connectivity index is 1.30. The van der Waals surface area contributed by atoms with Crippen LogP contribution in [0, 0.1) is 11.6 Å². The molecule has 1 aliphatic rings. The Bertz CT molecular complexity index is 988. The third kappa shape index (κ3) is 4.62. The molecule has 1 fully saturated rings. The van der Waals surface area contributed by atoms with E-state index < -0.39 is 11.6 Å². The molecule has 1 amide bonds. The van der Waals surface area contributed by atoms with Crippen molar-refractivity contribution in [3.63, 3.8) is 0 Å². The lowest BCUT2D eigenvalue weighted by Gasteiger charge is -2.29. The van der Waals surface area contributed by atoms with Crippen LogP contribution in [0.5, 0.6) is 0 Å². The Morgan fingerprint density at radius 1 is 1.21 bits per heavy atom. The van der Waals surface area contributed by atoms with E-state index in [1.807, 2.05) is 23.1 Å². The van der Waals surface area contributed by atoms with E-state index in [4.69, 9.17) is 4.52 Å². The van der Waals surface area contributed by atoms with Gasteiger partial charge in [0.2, 0.25) is 17.6 Å². The summed E-state index contributed by atoms with van der Waals surface area (Å²) in [5.74, 6) is -0.523. The number of carbonyl (C=O) groups excluding carboxylic acids is 1. The van der Waals surface area contributed by atoms with Gasteiger partial charge in [0.25, 0.3) is 0 Å². The molecule has 150 valence electrons. The first-order valence-corrected chi connectivity index (χ1v) is 9.31. The van der Waals surface area contributed by atoms with Gasteiger partial charge in [-0.2, -0.15) is 4.98 Å². The van der Waals surface area contributed by atoms with E-state index in [0.29, 0.717) is 30.5 Å². The standard InChI is InChI=1S/C20H19F2N5O2/c21-14-4-5-15(22)17(11-14)24-18(28)12-27-9-6-13(7-10-27)20-25-19(26-29-20)16-3-1-2-8-23-16/h1-5,8,11,13H,6-7,9-10,12H2,(H,24,28). The van der Waals surface area contributed by atoms with E-state index in [1.54, 1.807) is 6.20 Å². The van der Waals surface area contributed by atoms with Gasteiger partial charge in [0.15, 0.2) is 0 Å². The quantitative estimate of drug-likeness (QED) is 0.709. The van der Waals surface area contributed by atoms with Crippen LogP contribution in [-0.2, 0) is 4.79 Å². The van der Waals surface area contributed by atoms with Crippen LogP contribution in [0.25, 0.3) is 11.5 Å². The molecule has 9 heteroatoms.